The first-order valence-corrected chi connectivity index (χ1v) is 10.6. The van der Waals surface area contributed by atoms with E-state index in [1.165, 1.54) is 24.6 Å². The molecule has 8 heteroatoms. The summed E-state index contributed by atoms with van der Waals surface area (Å²) in [4.78, 5) is 14.9. The lowest BCUT2D eigenvalue weighted by atomic mass is 10.2. The minimum atomic E-state index is 0.152. The second kappa shape index (κ2) is 8.29. The van der Waals surface area contributed by atoms with Crippen molar-refractivity contribution in [2.24, 2.45) is 0 Å². The van der Waals surface area contributed by atoms with Crippen LogP contribution < -0.4 is 4.74 Å². The highest BCUT2D eigenvalue weighted by Gasteiger charge is 2.33. The van der Waals surface area contributed by atoms with Gasteiger partial charge in [0.2, 0.25) is 11.1 Å². The molecule has 1 aromatic carbocycles. The van der Waals surface area contributed by atoms with Gasteiger partial charge in [-0.1, -0.05) is 36.7 Å². The molecule has 1 amide bonds. The summed E-state index contributed by atoms with van der Waals surface area (Å²) < 4.78 is 7.12. The number of ether oxygens (including phenoxy) is 1. The Hall–Kier alpha value is -2.09. The van der Waals surface area contributed by atoms with Crippen molar-refractivity contribution < 1.29 is 9.53 Å². The molecule has 7 nitrogen and oxygen atoms in total. The van der Waals surface area contributed by atoms with Gasteiger partial charge in [-0.2, -0.15) is 0 Å². The largest absolute Gasteiger partial charge is 0.497 e. The van der Waals surface area contributed by atoms with Crippen molar-refractivity contribution in [1.29, 1.82) is 0 Å². The molecular weight excluding hydrogens is 362 g/mol. The van der Waals surface area contributed by atoms with E-state index in [9.17, 15) is 4.79 Å². The Morgan fingerprint density at radius 3 is 2.63 bits per heavy atom. The first-order valence-electron chi connectivity index (χ1n) is 9.57. The van der Waals surface area contributed by atoms with E-state index in [4.69, 9.17) is 4.74 Å². The third-order valence-corrected chi connectivity index (χ3v) is 6.20. The van der Waals surface area contributed by atoms with Gasteiger partial charge in [-0.05, 0) is 53.8 Å². The molecule has 27 heavy (non-hydrogen) atoms. The van der Waals surface area contributed by atoms with Gasteiger partial charge in [0.15, 0.2) is 0 Å². The van der Waals surface area contributed by atoms with Gasteiger partial charge in [-0.3, -0.25) is 4.79 Å². The van der Waals surface area contributed by atoms with Gasteiger partial charge in [-0.15, -0.1) is 5.10 Å². The Morgan fingerprint density at radius 2 is 1.96 bits per heavy atom. The standard InChI is InChI=1S/C19H25N5O2S/c1-26-17-10-6-14(7-11-17)12-23(15-8-9-15)18(25)13-27-19-20-21-22-24(19)16-4-2-3-5-16/h6-7,10-11,15-16H,2-5,8-9,12-13H2,1H3. The van der Waals surface area contributed by atoms with E-state index >= 15 is 0 Å². The van der Waals surface area contributed by atoms with Gasteiger partial charge in [0, 0.05) is 12.6 Å². The third-order valence-electron chi connectivity index (χ3n) is 5.28. The number of benzene rings is 1. The summed E-state index contributed by atoms with van der Waals surface area (Å²) >= 11 is 1.45. The van der Waals surface area contributed by atoms with Crippen molar-refractivity contribution in [3.05, 3.63) is 29.8 Å². The van der Waals surface area contributed by atoms with E-state index < -0.39 is 0 Å². The predicted molar refractivity (Wildman–Crippen MR) is 103 cm³/mol. The van der Waals surface area contributed by atoms with Crippen molar-refractivity contribution >= 4 is 17.7 Å². The predicted octanol–water partition coefficient (Wildman–Crippen LogP) is 3.08. The molecule has 0 spiro atoms. The summed E-state index contributed by atoms with van der Waals surface area (Å²) in [5, 5.41) is 12.9. The van der Waals surface area contributed by atoms with Crippen LogP contribution in [-0.4, -0.2) is 49.9 Å². The summed E-state index contributed by atoms with van der Waals surface area (Å²) in [6.07, 6.45) is 6.88. The number of rotatable bonds is 8. The maximum absolute atomic E-state index is 12.9. The molecule has 1 heterocycles. The van der Waals surface area contributed by atoms with Gasteiger partial charge in [0.05, 0.1) is 18.9 Å². The van der Waals surface area contributed by atoms with Crippen LogP contribution in [0.2, 0.25) is 0 Å². The molecule has 144 valence electrons. The minimum absolute atomic E-state index is 0.152. The number of tetrazole rings is 1. The molecule has 2 aliphatic rings. The zero-order chi connectivity index (χ0) is 18.6. The zero-order valence-electron chi connectivity index (χ0n) is 15.6. The number of carbonyl (C=O) groups excluding carboxylic acids is 1. The number of carbonyl (C=O) groups is 1. The zero-order valence-corrected chi connectivity index (χ0v) is 16.4. The number of methoxy groups -OCH3 is 1. The Balaban J connectivity index is 1.37. The van der Waals surface area contributed by atoms with Gasteiger partial charge >= 0.3 is 0 Å². The van der Waals surface area contributed by atoms with E-state index in [-0.39, 0.29) is 5.91 Å². The van der Waals surface area contributed by atoms with Crippen LogP contribution in [0.1, 0.15) is 50.1 Å². The molecule has 2 aromatic rings. The van der Waals surface area contributed by atoms with Crippen LogP contribution >= 0.6 is 11.8 Å². The molecular formula is C19H25N5O2S. The molecule has 0 atom stereocenters. The van der Waals surface area contributed by atoms with Crippen LogP contribution in [0.4, 0.5) is 0 Å². The second-order valence-corrected chi connectivity index (χ2v) is 8.18. The molecule has 0 saturated heterocycles. The van der Waals surface area contributed by atoms with Crippen molar-refractivity contribution in [3.63, 3.8) is 0 Å². The fourth-order valence-corrected chi connectivity index (χ4v) is 4.43. The van der Waals surface area contributed by atoms with E-state index in [1.807, 2.05) is 33.8 Å². The van der Waals surface area contributed by atoms with Crippen molar-refractivity contribution in [2.75, 3.05) is 12.9 Å². The summed E-state index contributed by atoms with van der Waals surface area (Å²) in [5.74, 6) is 1.36. The highest BCUT2D eigenvalue weighted by Crippen LogP contribution is 2.33. The molecule has 2 saturated carbocycles. The lowest BCUT2D eigenvalue weighted by Crippen LogP contribution is -2.34. The lowest BCUT2D eigenvalue weighted by molar-refractivity contribution is -0.129. The Kier molecular flexibility index (Phi) is 5.61. The maximum Gasteiger partial charge on any atom is 0.233 e. The van der Waals surface area contributed by atoms with Crippen molar-refractivity contribution in [3.8, 4) is 5.75 Å². The van der Waals surface area contributed by atoms with Crippen LogP contribution in [0.15, 0.2) is 29.4 Å². The van der Waals surface area contributed by atoms with Crippen LogP contribution in [0, 0.1) is 0 Å². The Bertz CT molecular complexity index is 769. The van der Waals surface area contributed by atoms with Crippen LogP contribution in [0.5, 0.6) is 5.75 Å². The summed E-state index contributed by atoms with van der Waals surface area (Å²) in [6.45, 7) is 0.640. The number of nitrogens with zero attached hydrogens (tertiary/aromatic N) is 5. The smallest absolute Gasteiger partial charge is 0.233 e. The molecule has 1 aromatic heterocycles. The van der Waals surface area contributed by atoms with Crippen molar-refractivity contribution in [1.82, 2.24) is 25.1 Å². The fourth-order valence-electron chi connectivity index (χ4n) is 3.60. The Morgan fingerprint density at radius 1 is 1.22 bits per heavy atom. The number of hydrogen-bond acceptors (Lipinski definition) is 6. The van der Waals surface area contributed by atoms with E-state index in [1.54, 1.807) is 7.11 Å². The number of amides is 1. The van der Waals surface area contributed by atoms with Gasteiger partial charge < -0.3 is 9.64 Å². The fraction of sp³-hybridized carbons (Fsp3) is 0.579. The molecule has 0 bridgehead atoms. The number of hydrogen-bond donors (Lipinski definition) is 0. The second-order valence-electron chi connectivity index (χ2n) is 7.23. The molecule has 0 N–H and O–H groups in total. The summed E-state index contributed by atoms with van der Waals surface area (Å²) in [7, 11) is 1.66. The van der Waals surface area contributed by atoms with Crippen molar-refractivity contribution in [2.45, 2.75) is 62.3 Å². The highest BCUT2D eigenvalue weighted by atomic mass is 32.2. The van der Waals surface area contributed by atoms with E-state index in [2.05, 4.69) is 15.5 Å². The first kappa shape index (κ1) is 18.3. The number of aromatic nitrogens is 4. The third kappa shape index (κ3) is 4.43. The average Bonchev–Trinajstić information content (AvgIpc) is 3.19. The SMILES string of the molecule is COc1ccc(CN(C(=O)CSc2nnnn2C2CCCC2)C2CC2)cc1. The molecule has 0 unspecified atom stereocenters. The molecule has 4 rings (SSSR count). The monoisotopic (exact) mass is 387 g/mol. The molecule has 2 fully saturated rings. The minimum Gasteiger partial charge on any atom is -0.497 e. The van der Waals surface area contributed by atoms with Crippen LogP contribution in [-0.2, 0) is 11.3 Å². The van der Waals surface area contributed by atoms with Crippen LogP contribution in [0.25, 0.3) is 0 Å². The molecule has 2 aliphatic carbocycles. The lowest BCUT2D eigenvalue weighted by Gasteiger charge is -2.22. The van der Waals surface area contributed by atoms with Gasteiger partial charge in [0.1, 0.15) is 5.75 Å². The summed E-state index contributed by atoms with van der Waals surface area (Å²) in [6, 6.07) is 8.68. The van der Waals surface area contributed by atoms with Crippen LogP contribution in [0.3, 0.4) is 0 Å². The average molecular weight is 388 g/mol. The quantitative estimate of drug-likeness (QED) is 0.648. The first-order chi connectivity index (χ1) is 13.2. The van der Waals surface area contributed by atoms with E-state index in [0.29, 0.717) is 24.4 Å². The highest BCUT2D eigenvalue weighted by molar-refractivity contribution is 7.99. The van der Waals surface area contributed by atoms with E-state index in [0.717, 1.165) is 42.2 Å². The normalized spacial score (nSPS) is 17.2. The number of thioether (sulfide) groups is 1. The topological polar surface area (TPSA) is 73.1 Å². The van der Waals surface area contributed by atoms with Gasteiger partial charge in [-0.25, -0.2) is 4.68 Å². The molecule has 0 radical (unpaired) electrons. The Labute approximate surface area is 163 Å². The van der Waals surface area contributed by atoms with Gasteiger partial charge in [0.25, 0.3) is 0 Å². The maximum atomic E-state index is 12.9. The molecule has 0 aliphatic heterocycles. The summed E-state index contributed by atoms with van der Waals surface area (Å²) in [5.41, 5.74) is 1.12.